The highest BCUT2D eigenvalue weighted by molar-refractivity contribution is 5.47. The molecule has 0 aromatic heterocycles. The number of carbonyl (C=O) groups excluding carboxylic acids is 1. The maximum absolute atomic E-state index is 10.5. The molecule has 0 aromatic carbocycles. The van der Waals surface area contributed by atoms with E-state index in [0.717, 1.165) is 39.1 Å². The van der Waals surface area contributed by atoms with E-state index < -0.39 is 0 Å². The van der Waals surface area contributed by atoms with Crippen LogP contribution in [0.2, 0.25) is 0 Å². The fourth-order valence-corrected chi connectivity index (χ4v) is 1.73. The molecular formula is C11H19N3O. The second-order valence-electron chi connectivity index (χ2n) is 4.42. The summed E-state index contributed by atoms with van der Waals surface area (Å²) in [5.41, 5.74) is 0. The lowest BCUT2D eigenvalue weighted by Gasteiger charge is -2.34. The molecule has 1 rings (SSSR count). The van der Waals surface area contributed by atoms with Crippen molar-refractivity contribution in [2.75, 3.05) is 32.7 Å². The van der Waals surface area contributed by atoms with Gasteiger partial charge in [-0.25, -0.2) is 0 Å². The highest BCUT2D eigenvalue weighted by Crippen LogP contribution is 2.12. The molecule has 0 radical (unpaired) electrons. The molecule has 1 aliphatic heterocycles. The molecule has 0 bridgehead atoms. The van der Waals surface area contributed by atoms with E-state index in [1.165, 1.54) is 0 Å². The minimum atomic E-state index is 0.104. The summed E-state index contributed by atoms with van der Waals surface area (Å²) in [6.07, 6.45) is 0.904. The standard InChI is InChI=1S/C11H19N3O/c1-10(2)11(7-12)8-13-3-5-14(9-15)6-4-13/h9-11H,3-6,8H2,1-2H3. The molecule has 0 aromatic rings. The van der Waals surface area contributed by atoms with E-state index in [1.807, 2.05) is 0 Å². The second kappa shape index (κ2) is 5.72. The van der Waals surface area contributed by atoms with Crippen LogP contribution in [0.5, 0.6) is 0 Å². The molecule has 0 spiro atoms. The average Bonchev–Trinajstić information content (AvgIpc) is 2.26. The minimum absolute atomic E-state index is 0.104. The summed E-state index contributed by atoms with van der Waals surface area (Å²) in [4.78, 5) is 14.6. The largest absolute Gasteiger partial charge is 0.343 e. The summed E-state index contributed by atoms with van der Waals surface area (Å²) in [7, 11) is 0. The number of hydrogen-bond donors (Lipinski definition) is 0. The van der Waals surface area contributed by atoms with Crippen molar-refractivity contribution in [1.29, 1.82) is 5.26 Å². The molecule has 1 aliphatic rings. The molecule has 1 unspecified atom stereocenters. The highest BCUT2D eigenvalue weighted by Gasteiger charge is 2.20. The molecule has 84 valence electrons. The van der Waals surface area contributed by atoms with E-state index in [-0.39, 0.29) is 5.92 Å². The first-order valence-corrected chi connectivity index (χ1v) is 5.48. The third-order valence-electron chi connectivity index (χ3n) is 2.98. The van der Waals surface area contributed by atoms with Crippen LogP contribution >= 0.6 is 0 Å². The van der Waals surface area contributed by atoms with Crippen LogP contribution in [-0.4, -0.2) is 48.9 Å². The summed E-state index contributed by atoms with van der Waals surface area (Å²) in [6.45, 7) is 8.36. The number of piperazine rings is 1. The van der Waals surface area contributed by atoms with Crippen LogP contribution in [0.4, 0.5) is 0 Å². The van der Waals surface area contributed by atoms with Gasteiger partial charge in [-0.05, 0) is 5.92 Å². The van der Waals surface area contributed by atoms with Gasteiger partial charge in [0, 0.05) is 32.7 Å². The normalized spacial score (nSPS) is 20.0. The molecule has 1 amide bonds. The van der Waals surface area contributed by atoms with E-state index in [9.17, 15) is 4.79 Å². The van der Waals surface area contributed by atoms with Crippen LogP contribution in [0, 0.1) is 23.2 Å². The number of nitriles is 1. The van der Waals surface area contributed by atoms with Crippen molar-refractivity contribution in [3.8, 4) is 6.07 Å². The van der Waals surface area contributed by atoms with Crippen molar-refractivity contribution in [2.24, 2.45) is 11.8 Å². The maximum atomic E-state index is 10.5. The van der Waals surface area contributed by atoms with Gasteiger partial charge in [-0.1, -0.05) is 13.8 Å². The average molecular weight is 209 g/mol. The lowest BCUT2D eigenvalue weighted by molar-refractivity contribution is -0.119. The molecule has 0 aliphatic carbocycles. The lowest BCUT2D eigenvalue weighted by atomic mass is 9.97. The SMILES string of the molecule is CC(C)C(C#N)CN1CCN(C=O)CC1. The topological polar surface area (TPSA) is 47.3 Å². The van der Waals surface area contributed by atoms with Crippen molar-refractivity contribution < 1.29 is 4.79 Å². The first-order chi connectivity index (χ1) is 7.17. The second-order valence-corrected chi connectivity index (χ2v) is 4.42. The zero-order valence-corrected chi connectivity index (χ0v) is 9.52. The third-order valence-corrected chi connectivity index (χ3v) is 2.98. The van der Waals surface area contributed by atoms with Crippen molar-refractivity contribution in [3.63, 3.8) is 0 Å². The molecule has 15 heavy (non-hydrogen) atoms. The molecular weight excluding hydrogens is 190 g/mol. The molecule has 0 saturated carbocycles. The number of hydrogen-bond acceptors (Lipinski definition) is 3. The Kier molecular flexibility index (Phi) is 4.57. The Bertz CT molecular complexity index is 239. The predicted molar refractivity (Wildman–Crippen MR) is 58.0 cm³/mol. The Hall–Kier alpha value is -1.08. The van der Waals surface area contributed by atoms with Crippen LogP contribution in [0.3, 0.4) is 0 Å². The van der Waals surface area contributed by atoms with Gasteiger partial charge in [0.15, 0.2) is 0 Å². The van der Waals surface area contributed by atoms with Gasteiger partial charge >= 0.3 is 0 Å². The third kappa shape index (κ3) is 3.52. The maximum Gasteiger partial charge on any atom is 0.209 e. The summed E-state index contributed by atoms with van der Waals surface area (Å²) >= 11 is 0. The molecule has 1 fully saturated rings. The fourth-order valence-electron chi connectivity index (χ4n) is 1.73. The van der Waals surface area contributed by atoms with Gasteiger partial charge in [-0.15, -0.1) is 0 Å². The van der Waals surface area contributed by atoms with Gasteiger partial charge in [-0.2, -0.15) is 5.26 Å². The zero-order valence-electron chi connectivity index (χ0n) is 9.52. The van der Waals surface area contributed by atoms with Crippen LogP contribution in [0.15, 0.2) is 0 Å². The monoisotopic (exact) mass is 209 g/mol. The first kappa shape index (κ1) is 12.0. The summed E-state index contributed by atoms with van der Waals surface area (Å²) in [5.74, 6) is 0.506. The first-order valence-electron chi connectivity index (χ1n) is 5.48. The molecule has 4 heteroatoms. The summed E-state index contributed by atoms with van der Waals surface area (Å²) in [5, 5.41) is 8.98. The zero-order chi connectivity index (χ0) is 11.3. The van der Waals surface area contributed by atoms with Gasteiger partial charge in [-0.3, -0.25) is 9.69 Å². The van der Waals surface area contributed by atoms with Crippen molar-refractivity contribution in [2.45, 2.75) is 13.8 Å². The molecule has 1 atom stereocenters. The Labute approximate surface area is 91.5 Å². The van der Waals surface area contributed by atoms with E-state index in [2.05, 4.69) is 24.8 Å². The smallest absolute Gasteiger partial charge is 0.209 e. The Morgan fingerprint density at radius 2 is 1.93 bits per heavy atom. The Balaban J connectivity index is 2.35. The van der Waals surface area contributed by atoms with Gasteiger partial charge in [0.2, 0.25) is 6.41 Å². The van der Waals surface area contributed by atoms with Gasteiger partial charge in [0.25, 0.3) is 0 Å². The predicted octanol–water partition coefficient (Wildman–Crippen LogP) is 0.556. The van der Waals surface area contributed by atoms with E-state index >= 15 is 0 Å². The summed E-state index contributed by atoms with van der Waals surface area (Å²) < 4.78 is 0. The van der Waals surface area contributed by atoms with Crippen molar-refractivity contribution in [1.82, 2.24) is 9.80 Å². The number of carbonyl (C=O) groups is 1. The van der Waals surface area contributed by atoms with Crippen LogP contribution in [0.1, 0.15) is 13.8 Å². The number of nitrogens with zero attached hydrogens (tertiary/aromatic N) is 3. The molecule has 4 nitrogen and oxygen atoms in total. The lowest BCUT2D eigenvalue weighted by Crippen LogP contribution is -2.47. The number of amides is 1. The molecule has 1 saturated heterocycles. The van der Waals surface area contributed by atoms with Gasteiger partial charge in [0.05, 0.1) is 12.0 Å². The van der Waals surface area contributed by atoms with Crippen molar-refractivity contribution >= 4 is 6.41 Å². The molecule has 1 heterocycles. The van der Waals surface area contributed by atoms with Crippen LogP contribution < -0.4 is 0 Å². The van der Waals surface area contributed by atoms with E-state index in [4.69, 9.17) is 5.26 Å². The highest BCUT2D eigenvalue weighted by atomic mass is 16.1. The number of rotatable bonds is 4. The Morgan fingerprint density at radius 1 is 1.33 bits per heavy atom. The Morgan fingerprint density at radius 3 is 2.33 bits per heavy atom. The quantitative estimate of drug-likeness (QED) is 0.635. The van der Waals surface area contributed by atoms with E-state index in [0.29, 0.717) is 5.92 Å². The van der Waals surface area contributed by atoms with Gasteiger partial charge < -0.3 is 4.90 Å². The minimum Gasteiger partial charge on any atom is -0.343 e. The van der Waals surface area contributed by atoms with E-state index in [1.54, 1.807) is 4.90 Å². The van der Waals surface area contributed by atoms with Gasteiger partial charge in [0.1, 0.15) is 0 Å². The molecule has 0 N–H and O–H groups in total. The van der Waals surface area contributed by atoms with Crippen LogP contribution in [0.25, 0.3) is 0 Å². The van der Waals surface area contributed by atoms with Crippen molar-refractivity contribution in [3.05, 3.63) is 0 Å². The fraction of sp³-hybridized carbons (Fsp3) is 0.818. The summed E-state index contributed by atoms with van der Waals surface area (Å²) in [6, 6.07) is 2.35. The van der Waals surface area contributed by atoms with Crippen LogP contribution in [-0.2, 0) is 4.79 Å².